The van der Waals surface area contributed by atoms with Crippen molar-refractivity contribution in [2.75, 3.05) is 6.61 Å². The molecular weight excluding hydrogens is 388 g/mol. The fourth-order valence-corrected chi connectivity index (χ4v) is 3.04. The summed E-state index contributed by atoms with van der Waals surface area (Å²) in [7, 11) is 0. The SMILES string of the molecule is CC[C@H](CCC(C)O)O[C@@H]1O[C@H](COC(=O)[C@](O)(CC)[C@@H](C)O)[C@@H](O)[C@H](O)[C@H]1O. The standard InChI is InChI=1S/C19H36O10/c1-5-12(8-7-10(3)20)28-17-16(24)15(23)14(22)13(29-17)9-27-18(25)19(26,6-2)11(4)21/h10-17,20-24,26H,5-9H2,1-4H3/t10?,11-,12-,13-,14-,15+,16-,17-,19+/m1/s1. The number of rotatable bonds is 11. The van der Waals surface area contributed by atoms with Crippen LogP contribution in [0.3, 0.4) is 0 Å². The third kappa shape index (κ3) is 6.83. The molecule has 0 spiro atoms. The van der Waals surface area contributed by atoms with Crippen molar-refractivity contribution in [3.05, 3.63) is 0 Å². The van der Waals surface area contributed by atoms with Crippen molar-refractivity contribution in [2.24, 2.45) is 0 Å². The van der Waals surface area contributed by atoms with E-state index in [-0.39, 0.29) is 12.5 Å². The van der Waals surface area contributed by atoms with E-state index in [1.807, 2.05) is 6.92 Å². The van der Waals surface area contributed by atoms with Gasteiger partial charge in [0.05, 0.1) is 18.3 Å². The molecule has 0 saturated carbocycles. The summed E-state index contributed by atoms with van der Waals surface area (Å²) in [5, 5.41) is 59.7. The first-order chi connectivity index (χ1) is 13.5. The highest BCUT2D eigenvalue weighted by Gasteiger charge is 2.47. The molecule has 6 N–H and O–H groups in total. The Labute approximate surface area is 171 Å². The summed E-state index contributed by atoms with van der Waals surface area (Å²) in [6, 6.07) is 0. The predicted molar refractivity (Wildman–Crippen MR) is 101 cm³/mol. The van der Waals surface area contributed by atoms with Crippen LogP contribution >= 0.6 is 0 Å². The minimum Gasteiger partial charge on any atom is -0.461 e. The zero-order valence-corrected chi connectivity index (χ0v) is 17.5. The molecular formula is C19H36O10. The molecule has 1 fully saturated rings. The predicted octanol–water partition coefficient (Wildman–Crippen LogP) is -1.18. The summed E-state index contributed by atoms with van der Waals surface area (Å²) in [6.07, 6.45) is -8.00. The largest absolute Gasteiger partial charge is 0.461 e. The number of carbonyl (C=O) groups is 1. The molecule has 0 aromatic carbocycles. The Balaban J connectivity index is 2.77. The van der Waals surface area contributed by atoms with E-state index in [0.29, 0.717) is 19.3 Å². The van der Waals surface area contributed by atoms with Gasteiger partial charge in [0, 0.05) is 0 Å². The van der Waals surface area contributed by atoms with Crippen LogP contribution in [0.5, 0.6) is 0 Å². The first-order valence-corrected chi connectivity index (χ1v) is 10.1. The molecule has 1 unspecified atom stereocenters. The summed E-state index contributed by atoms with van der Waals surface area (Å²) < 4.78 is 16.2. The maximum atomic E-state index is 12.2. The van der Waals surface area contributed by atoms with Gasteiger partial charge in [-0.25, -0.2) is 4.79 Å². The number of aliphatic hydroxyl groups excluding tert-OH is 5. The number of esters is 1. The van der Waals surface area contributed by atoms with Gasteiger partial charge < -0.3 is 44.8 Å². The van der Waals surface area contributed by atoms with Crippen molar-refractivity contribution in [2.45, 2.75) is 108 Å². The van der Waals surface area contributed by atoms with E-state index in [1.54, 1.807) is 6.92 Å². The number of carbonyl (C=O) groups excluding carboxylic acids is 1. The van der Waals surface area contributed by atoms with E-state index in [1.165, 1.54) is 13.8 Å². The molecule has 1 aliphatic rings. The summed E-state index contributed by atoms with van der Waals surface area (Å²) in [5.41, 5.74) is -2.11. The quantitative estimate of drug-likeness (QED) is 0.222. The molecule has 29 heavy (non-hydrogen) atoms. The van der Waals surface area contributed by atoms with E-state index in [0.717, 1.165) is 0 Å². The minimum absolute atomic E-state index is 0.0912. The molecule has 10 heteroatoms. The van der Waals surface area contributed by atoms with Gasteiger partial charge in [0.15, 0.2) is 11.9 Å². The molecule has 0 aliphatic carbocycles. The van der Waals surface area contributed by atoms with Gasteiger partial charge in [-0.2, -0.15) is 0 Å². The average molecular weight is 424 g/mol. The summed E-state index contributed by atoms with van der Waals surface area (Å²) in [6.45, 7) is 5.73. The van der Waals surface area contributed by atoms with Crippen LogP contribution in [0.25, 0.3) is 0 Å². The highest BCUT2D eigenvalue weighted by molar-refractivity contribution is 5.80. The van der Waals surface area contributed by atoms with Crippen molar-refractivity contribution >= 4 is 5.97 Å². The second-order valence-electron chi connectivity index (χ2n) is 7.66. The molecule has 0 aromatic rings. The highest BCUT2D eigenvalue weighted by Crippen LogP contribution is 2.26. The molecule has 1 rings (SSSR count). The molecule has 0 amide bonds. The lowest BCUT2D eigenvalue weighted by molar-refractivity contribution is -0.313. The Morgan fingerprint density at radius 3 is 2.17 bits per heavy atom. The first-order valence-electron chi connectivity index (χ1n) is 10.1. The molecule has 1 heterocycles. The van der Waals surface area contributed by atoms with Gasteiger partial charge in [0.2, 0.25) is 0 Å². The molecule has 0 radical (unpaired) electrons. The second kappa shape index (κ2) is 11.5. The van der Waals surface area contributed by atoms with Crippen LogP contribution in [-0.4, -0.2) is 97.8 Å². The Hall–Kier alpha value is -0.850. The zero-order chi connectivity index (χ0) is 22.4. The summed E-state index contributed by atoms with van der Waals surface area (Å²) >= 11 is 0. The van der Waals surface area contributed by atoms with Crippen molar-refractivity contribution in [1.82, 2.24) is 0 Å². The number of ether oxygens (including phenoxy) is 3. The molecule has 1 saturated heterocycles. The van der Waals surface area contributed by atoms with Crippen LogP contribution < -0.4 is 0 Å². The smallest absolute Gasteiger partial charge is 0.340 e. The average Bonchev–Trinajstić information content (AvgIpc) is 2.68. The Morgan fingerprint density at radius 2 is 1.69 bits per heavy atom. The van der Waals surface area contributed by atoms with Crippen molar-refractivity contribution in [3.63, 3.8) is 0 Å². The molecule has 0 bridgehead atoms. The Morgan fingerprint density at radius 1 is 1.07 bits per heavy atom. The maximum absolute atomic E-state index is 12.2. The van der Waals surface area contributed by atoms with Crippen LogP contribution in [0, 0.1) is 0 Å². The van der Waals surface area contributed by atoms with Crippen molar-refractivity contribution in [3.8, 4) is 0 Å². The lowest BCUT2D eigenvalue weighted by atomic mass is 9.95. The van der Waals surface area contributed by atoms with Crippen LogP contribution in [-0.2, 0) is 19.0 Å². The molecule has 10 nitrogen and oxygen atoms in total. The Bertz CT molecular complexity index is 499. The topological polar surface area (TPSA) is 166 Å². The van der Waals surface area contributed by atoms with Crippen molar-refractivity contribution in [1.29, 1.82) is 0 Å². The number of hydrogen-bond donors (Lipinski definition) is 6. The van der Waals surface area contributed by atoms with Crippen molar-refractivity contribution < 1.29 is 49.6 Å². The van der Waals surface area contributed by atoms with Crippen LogP contribution in [0.2, 0.25) is 0 Å². The van der Waals surface area contributed by atoms with Gasteiger partial charge in [0.1, 0.15) is 31.0 Å². The van der Waals surface area contributed by atoms with E-state index >= 15 is 0 Å². The monoisotopic (exact) mass is 424 g/mol. The third-order valence-corrected chi connectivity index (χ3v) is 5.32. The van der Waals surface area contributed by atoms with E-state index in [4.69, 9.17) is 14.2 Å². The van der Waals surface area contributed by atoms with Crippen LogP contribution in [0.15, 0.2) is 0 Å². The van der Waals surface area contributed by atoms with E-state index in [2.05, 4.69) is 0 Å². The molecule has 172 valence electrons. The minimum atomic E-state index is -2.11. The van der Waals surface area contributed by atoms with E-state index in [9.17, 15) is 35.4 Å². The van der Waals surface area contributed by atoms with Gasteiger partial charge in [-0.15, -0.1) is 0 Å². The second-order valence-corrected chi connectivity index (χ2v) is 7.66. The van der Waals surface area contributed by atoms with Crippen LogP contribution in [0.1, 0.15) is 53.4 Å². The normalized spacial score (nSPS) is 32.8. The van der Waals surface area contributed by atoms with Crippen LogP contribution in [0.4, 0.5) is 0 Å². The molecule has 1 aliphatic heterocycles. The lowest BCUT2D eigenvalue weighted by Crippen LogP contribution is -2.60. The fraction of sp³-hybridized carbons (Fsp3) is 0.947. The fourth-order valence-electron chi connectivity index (χ4n) is 3.04. The summed E-state index contributed by atoms with van der Waals surface area (Å²) in [4.78, 5) is 12.2. The molecule has 9 atom stereocenters. The lowest BCUT2D eigenvalue weighted by Gasteiger charge is -2.41. The number of aliphatic hydroxyl groups is 6. The van der Waals surface area contributed by atoms with Gasteiger partial charge >= 0.3 is 5.97 Å². The Kier molecular flexibility index (Phi) is 10.4. The van der Waals surface area contributed by atoms with E-state index < -0.39 is 61.1 Å². The summed E-state index contributed by atoms with van der Waals surface area (Å²) in [5.74, 6) is -1.09. The maximum Gasteiger partial charge on any atom is 0.340 e. The molecule has 0 aromatic heterocycles. The highest BCUT2D eigenvalue weighted by atomic mass is 16.7. The van der Waals surface area contributed by atoms with Gasteiger partial charge in [0.25, 0.3) is 0 Å². The third-order valence-electron chi connectivity index (χ3n) is 5.32. The number of hydrogen-bond acceptors (Lipinski definition) is 10. The van der Waals surface area contributed by atoms with Gasteiger partial charge in [-0.3, -0.25) is 0 Å². The van der Waals surface area contributed by atoms with Gasteiger partial charge in [-0.05, 0) is 39.5 Å². The zero-order valence-electron chi connectivity index (χ0n) is 17.5. The van der Waals surface area contributed by atoms with Gasteiger partial charge in [-0.1, -0.05) is 13.8 Å². The first kappa shape index (κ1) is 26.2.